The monoisotopic (exact) mass is 511 g/mol. The predicted octanol–water partition coefficient (Wildman–Crippen LogP) is 5.17. The summed E-state index contributed by atoms with van der Waals surface area (Å²) in [5.74, 6) is -0.348. The van der Waals surface area contributed by atoms with Crippen molar-refractivity contribution >= 4 is 56.9 Å². The minimum absolute atomic E-state index is 0.0542. The summed E-state index contributed by atoms with van der Waals surface area (Å²) in [7, 11) is 0. The molecule has 9 heteroatoms. The Morgan fingerprint density at radius 3 is 2.38 bits per heavy atom. The zero-order chi connectivity index (χ0) is 26.1. The van der Waals surface area contributed by atoms with Gasteiger partial charge in [-0.25, -0.2) is 4.98 Å². The Hall–Kier alpha value is -4.37. The van der Waals surface area contributed by atoms with E-state index in [2.05, 4.69) is 15.6 Å². The second-order valence-corrected chi connectivity index (χ2v) is 9.69. The highest BCUT2D eigenvalue weighted by Crippen LogP contribution is 2.28. The van der Waals surface area contributed by atoms with E-state index in [1.54, 1.807) is 28.8 Å². The van der Waals surface area contributed by atoms with Crippen molar-refractivity contribution in [2.45, 2.75) is 25.9 Å². The van der Waals surface area contributed by atoms with E-state index in [9.17, 15) is 14.4 Å². The van der Waals surface area contributed by atoms with Crippen molar-refractivity contribution < 1.29 is 9.59 Å². The molecule has 0 fully saturated rings. The number of rotatable bonds is 6. The number of para-hydroxylation sites is 1. The van der Waals surface area contributed by atoms with Crippen LogP contribution in [0.3, 0.4) is 0 Å². The number of nitrogens with zero attached hydrogens (tertiary/aromatic N) is 2. The van der Waals surface area contributed by atoms with E-state index in [4.69, 9.17) is 4.98 Å². The van der Waals surface area contributed by atoms with Gasteiger partial charge in [0.25, 0.3) is 5.56 Å². The van der Waals surface area contributed by atoms with Gasteiger partial charge in [0.2, 0.25) is 11.8 Å². The molecule has 0 atom stereocenters. The molecule has 2 amide bonds. The topological polar surface area (TPSA) is 109 Å². The van der Waals surface area contributed by atoms with E-state index >= 15 is 0 Å². The lowest BCUT2D eigenvalue weighted by Gasteiger charge is -2.15. The molecule has 3 N–H and O–H groups in total. The van der Waals surface area contributed by atoms with Crippen LogP contribution in [0.15, 0.2) is 76.7 Å². The second kappa shape index (κ2) is 9.94. The summed E-state index contributed by atoms with van der Waals surface area (Å²) in [6.07, 6.45) is 0. The third-order valence-electron chi connectivity index (χ3n) is 6.13. The molecule has 5 rings (SSSR count). The van der Waals surface area contributed by atoms with Crippen LogP contribution in [0, 0.1) is 13.8 Å². The summed E-state index contributed by atoms with van der Waals surface area (Å²) in [6, 6.07) is 20.3. The van der Waals surface area contributed by atoms with E-state index in [0.717, 1.165) is 27.7 Å². The first-order valence-electron chi connectivity index (χ1n) is 11.7. The van der Waals surface area contributed by atoms with Gasteiger partial charge in [-0.1, -0.05) is 42.1 Å². The van der Waals surface area contributed by atoms with E-state index < -0.39 is 0 Å². The number of hydrogen-bond donors (Lipinski definition) is 3. The molecule has 0 saturated carbocycles. The van der Waals surface area contributed by atoms with Crippen LogP contribution in [-0.2, 0) is 9.59 Å². The van der Waals surface area contributed by atoms with Gasteiger partial charge in [-0.05, 0) is 61.4 Å². The number of fused-ring (bicyclic) bond motifs is 3. The number of benzene rings is 3. The Morgan fingerprint density at radius 1 is 0.946 bits per heavy atom. The number of carbonyl (C=O) groups excluding carboxylic acids is 2. The van der Waals surface area contributed by atoms with Crippen LogP contribution in [0.5, 0.6) is 0 Å². The molecule has 0 aliphatic rings. The zero-order valence-electron chi connectivity index (χ0n) is 20.6. The Bertz CT molecular complexity index is 1720. The molecule has 5 aromatic rings. The number of hydrogen-bond acceptors (Lipinski definition) is 5. The summed E-state index contributed by atoms with van der Waals surface area (Å²) in [4.78, 5) is 45.9. The van der Waals surface area contributed by atoms with E-state index in [1.807, 2.05) is 56.3 Å². The largest absolute Gasteiger partial charge is 0.349 e. The van der Waals surface area contributed by atoms with Crippen molar-refractivity contribution in [3.05, 3.63) is 88.2 Å². The first-order chi connectivity index (χ1) is 17.8. The predicted molar refractivity (Wildman–Crippen MR) is 149 cm³/mol. The number of nitrogens with one attached hydrogen (secondary N) is 3. The number of amides is 2. The van der Waals surface area contributed by atoms with Crippen molar-refractivity contribution in [1.29, 1.82) is 0 Å². The fourth-order valence-corrected chi connectivity index (χ4v) is 5.00. The number of thioether (sulfide) groups is 1. The maximum Gasteiger partial charge on any atom is 0.283 e. The summed E-state index contributed by atoms with van der Waals surface area (Å²) >= 11 is 1.21. The lowest BCUT2D eigenvalue weighted by Crippen LogP contribution is -2.23. The van der Waals surface area contributed by atoms with Gasteiger partial charge < -0.3 is 15.6 Å². The van der Waals surface area contributed by atoms with Gasteiger partial charge in [0.15, 0.2) is 5.16 Å². The second-order valence-electron chi connectivity index (χ2n) is 8.74. The molecule has 0 spiro atoms. The lowest BCUT2D eigenvalue weighted by molar-refractivity contribution is -0.114. The highest BCUT2D eigenvalue weighted by atomic mass is 32.2. The maximum atomic E-state index is 13.8. The van der Waals surface area contributed by atoms with Crippen LogP contribution in [0.25, 0.3) is 27.6 Å². The van der Waals surface area contributed by atoms with Gasteiger partial charge in [-0.3, -0.25) is 19.0 Å². The van der Waals surface area contributed by atoms with Crippen LogP contribution in [0.4, 0.5) is 11.4 Å². The van der Waals surface area contributed by atoms with E-state index in [-0.39, 0.29) is 23.1 Å². The van der Waals surface area contributed by atoms with E-state index in [0.29, 0.717) is 27.6 Å². The minimum atomic E-state index is -0.238. The van der Waals surface area contributed by atoms with Crippen molar-refractivity contribution in [2.24, 2.45) is 0 Å². The number of anilines is 2. The molecule has 3 aromatic carbocycles. The summed E-state index contributed by atoms with van der Waals surface area (Å²) < 4.78 is 1.58. The first kappa shape index (κ1) is 24.3. The molecule has 0 unspecified atom stereocenters. The fraction of sp³-hybridized carbons (Fsp3) is 0.143. The summed E-state index contributed by atoms with van der Waals surface area (Å²) in [5, 5.41) is 6.84. The molecule has 186 valence electrons. The van der Waals surface area contributed by atoms with Crippen molar-refractivity contribution in [1.82, 2.24) is 14.5 Å². The van der Waals surface area contributed by atoms with Gasteiger partial charge in [0.1, 0.15) is 11.0 Å². The number of aromatic nitrogens is 3. The molecular formula is C28H25N5O3S. The van der Waals surface area contributed by atoms with Crippen molar-refractivity contribution in [3.63, 3.8) is 0 Å². The summed E-state index contributed by atoms with van der Waals surface area (Å²) in [6.45, 7) is 5.40. The van der Waals surface area contributed by atoms with Crippen LogP contribution in [-0.4, -0.2) is 32.1 Å². The average Bonchev–Trinajstić information content (AvgIpc) is 3.25. The van der Waals surface area contributed by atoms with Gasteiger partial charge in [0, 0.05) is 29.2 Å². The van der Waals surface area contributed by atoms with Crippen molar-refractivity contribution in [2.75, 3.05) is 16.4 Å². The fourth-order valence-electron chi connectivity index (χ4n) is 4.20. The van der Waals surface area contributed by atoms with Crippen LogP contribution in [0.2, 0.25) is 0 Å². The Labute approximate surface area is 217 Å². The molecule has 0 aliphatic carbocycles. The Balaban J connectivity index is 1.49. The van der Waals surface area contributed by atoms with E-state index in [1.165, 1.54) is 18.7 Å². The molecule has 37 heavy (non-hydrogen) atoms. The molecule has 0 saturated heterocycles. The first-order valence-corrected chi connectivity index (χ1v) is 12.7. The van der Waals surface area contributed by atoms with Crippen LogP contribution >= 0.6 is 11.8 Å². The SMILES string of the molecule is CC(=O)Nc1ccc(NC(=O)CSc2nc3c([nH]c4ccccc43)c(=O)n2-c2cccc(C)c2C)cc1. The molecule has 2 aromatic heterocycles. The average molecular weight is 512 g/mol. The van der Waals surface area contributed by atoms with Gasteiger partial charge in [-0.2, -0.15) is 0 Å². The molecule has 2 heterocycles. The maximum absolute atomic E-state index is 13.8. The molecule has 0 bridgehead atoms. The Morgan fingerprint density at radius 2 is 1.65 bits per heavy atom. The lowest BCUT2D eigenvalue weighted by atomic mass is 10.1. The number of aryl methyl sites for hydroxylation is 1. The normalized spacial score (nSPS) is 11.1. The molecule has 8 nitrogen and oxygen atoms in total. The third kappa shape index (κ3) is 4.85. The molecular weight excluding hydrogens is 486 g/mol. The van der Waals surface area contributed by atoms with Gasteiger partial charge in [0.05, 0.1) is 11.4 Å². The van der Waals surface area contributed by atoms with Gasteiger partial charge in [-0.15, -0.1) is 0 Å². The smallest absolute Gasteiger partial charge is 0.283 e. The molecule has 0 radical (unpaired) electrons. The third-order valence-corrected chi connectivity index (χ3v) is 7.07. The quantitative estimate of drug-likeness (QED) is 0.215. The number of aromatic amines is 1. The van der Waals surface area contributed by atoms with Crippen molar-refractivity contribution in [3.8, 4) is 5.69 Å². The standard InChI is InChI=1S/C28H25N5O3S/c1-16-7-6-10-23(17(16)2)33-27(36)26-25(21-8-4-5-9-22(21)31-26)32-28(33)37-15-24(35)30-20-13-11-19(12-14-20)29-18(3)34/h4-14,31H,15H2,1-3H3,(H,29,34)(H,30,35). The van der Waals surface area contributed by atoms with Gasteiger partial charge >= 0.3 is 0 Å². The minimum Gasteiger partial charge on any atom is -0.349 e. The van der Waals surface area contributed by atoms with Crippen LogP contribution < -0.4 is 16.2 Å². The zero-order valence-corrected chi connectivity index (χ0v) is 21.4. The Kier molecular flexibility index (Phi) is 6.54. The highest BCUT2D eigenvalue weighted by molar-refractivity contribution is 7.99. The highest BCUT2D eigenvalue weighted by Gasteiger charge is 2.19. The summed E-state index contributed by atoms with van der Waals surface area (Å²) in [5.41, 5.74) is 5.62. The number of carbonyl (C=O) groups is 2. The molecule has 0 aliphatic heterocycles. The van der Waals surface area contributed by atoms with Crippen LogP contribution in [0.1, 0.15) is 18.1 Å². The number of H-pyrrole nitrogens is 1.